The van der Waals surface area contributed by atoms with Crippen LogP contribution in [-0.2, 0) is 19.4 Å². The molecule has 0 saturated carbocycles. The molecule has 1 saturated heterocycles. The molecule has 2 rings (SSSR count). The van der Waals surface area contributed by atoms with Gasteiger partial charge in [-0.25, -0.2) is 13.2 Å². The number of amides is 2. The molecule has 7 nitrogen and oxygen atoms in total. The molecule has 2 amide bonds. The molecule has 26 heavy (non-hydrogen) atoms. The average Bonchev–Trinajstić information content (AvgIpc) is 2.61. The Labute approximate surface area is 154 Å². The quantitative estimate of drug-likeness (QED) is 0.811. The van der Waals surface area contributed by atoms with E-state index in [4.69, 9.17) is 4.74 Å². The number of likely N-dealkylation sites (tertiary alicyclic amines) is 1. The Morgan fingerprint density at radius 3 is 2.38 bits per heavy atom. The predicted octanol–water partition coefficient (Wildman–Crippen LogP) is 1.90. The number of nitrogens with zero attached hydrogens (tertiary/aromatic N) is 1. The summed E-state index contributed by atoms with van der Waals surface area (Å²) in [4.78, 5) is 25.6. The molecule has 0 aromatic heterocycles. The van der Waals surface area contributed by atoms with Crippen LogP contribution in [0.3, 0.4) is 0 Å². The Morgan fingerprint density at radius 1 is 1.19 bits per heavy atom. The summed E-state index contributed by atoms with van der Waals surface area (Å²) < 4.78 is 29.5. The molecular weight excluding hydrogens is 356 g/mol. The predicted molar refractivity (Wildman–Crippen MR) is 97.6 cm³/mol. The second-order valence-corrected chi connectivity index (χ2v) is 8.52. The van der Waals surface area contributed by atoms with Gasteiger partial charge in [-0.15, -0.1) is 0 Å². The molecule has 1 aromatic rings. The van der Waals surface area contributed by atoms with E-state index >= 15 is 0 Å². The van der Waals surface area contributed by atoms with E-state index in [1.807, 2.05) is 6.92 Å². The van der Waals surface area contributed by atoms with Crippen LogP contribution in [0.5, 0.6) is 0 Å². The van der Waals surface area contributed by atoms with Crippen molar-refractivity contribution in [3.05, 3.63) is 29.8 Å². The third kappa shape index (κ3) is 5.72. The van der Waals surface area contributed by atoms with E-state index in [9.17, 15) is 18.0 Å². The number of hydrogen-bond acceptors (Lipinski definition) is 5. The van der Waals surface area contributed by atoms with Crippen molar-refractivity contribution in [2.75, 3.05) is 25.4 Å². The van der Waals surface area contributed by atoms with Gasteiger partial charge in [-0.2, -0.15) is 0 Å². The molecule has 0 atom stereocenters. The van der Waals surface area contributed by atoms with Gasteiger partial charge in [0.2, 0.25) is 5.91 Å². The van der Waals surface area contributed by atoms with Gasteiger partial charge in [-0.1, -0.05) is 17.7 Å². The minimum Gasteiger partial charge on any atom is -0.450 e. The van der Waals surface area contributed by atoms with E-state index in [0.29, 0.717) is 32.5 Å². The van der Waals surface area contributed by atoms with Gasteiger partial charge in [-0.05, 0) is 38.8 Å². The number of aryl methyl sites for hydroxylation is 1. The van der Waals surface area contributed by atoms with E-state index in [-0.39, 0.29) is 35.1 Å². The zero-order valence-electron chi connectivity index (χ0n) is 15.2. The molecule has 1 aliphatic heterocycles. The maximum absolute atomic E-state index is 12.3. The molecule has 1 heterocycles. The number of ether oxygens (including phenoxy) is 1. The van der Waals surface area contributed by atoms with E-state index in [1.165, 1.54) is 0 Å². The molecule has 1 aliphatic rings. The number of benzene rings is 1. The first-order valence-electron chi connectivity index (χ1n) is 8.82. The Bertz CT molecular complexity index is 722. The van der Waals surface area contributed by atoms with Gasteiger partial charge in [0.15, 0.2) is 9.84 Å². The Balaban J connectivity index is 1.77. The van der Waals surface area contributed by atoms with Crippen LogP contribution < -0.4 is 5.32 Å². The summed E-state index contributed by atoms with van der Waals surface area (Å²) in [6.07, 6.45) is 0.861. The van der Waals surface area contributed by atoms with E-state index < -0.39 is 9.84 Å². The molecule has 1 aromatic carbocycles. The largest absolute Gasteiger partial charge is 0.450 e. The highest BCUT2D eigenvalue weighted by Gasteiger charge is 2.25. The zero-order chi connectivity index (χ0) is 19.2. The van der Waals surface area contributed by atoms with Crippen LogP contribution in [0.25, 0.3) is 0 Å². The van der Waals surface area contributed by atoms with Crippen molar-refractivity contribution in [1.82, 2.24) is 10.2 Å². The molecule has 8 heteroatoms. The standard InChI is InChI=1S/C18H26N2O5S/c1-3-25-18(22)20-11-8-15(9-12-20)19-17(21)10-13-26(23,24)16-6-4-14(2)5-7-16/h4-7,15H,3,8-13H2,1-2H3,(H,19,21). The maximum Gasteiger partial charge on any atom is 0.409 e. The van der Waals surface area contributed by atoms with Gasteiger partial charge in [0.25, 0.3) is 0 Å². The Morgan fingerprint density at radius 2 is 1.81 bits per heavy atom. The van der Waals surface area contributed by atoms with Crippen LogP contribution in [-0.4, -0.2) is 56.8 Å². The summed E-state index contributed by atoms with van der Waals surface area (Å²) in [5.41, 5.74) is 0.982. The second kappa shape index (κ2) is 9.02. The van der Waals surface area contributed by atoms with Crippen molar-refractivity contribution in [2.24, 2.45) is 0 Å². The van der Waals surface area contributed by atoms with Crippen molar-refractivity contribution < 1.29 is 22.7 Å². The molecule has 0 unspecified atom stereocenters. The number of piperidine rings is 1. The lowest BCUT2D eigenvalue weighted by molar-refractivity contribution is -0.121. The normalized spacial score (nSPS) is 15.5. The molecule has 0 radical (unpaired) electrons. The van der Waals surface area contributed by atoms with Gasteiger partial charge in [0.1, 0.15) is 0 Å². The van der Waals surface area contributed by atoms with Crippen molar-refractivity contribution in [3.63, 3.8) is 0 Å². The molecular formula is C18H26N2O5S. The minimum atomic E-state index is -3.47. The van der Waals surface area contributed by atoms with Crippen LogP contribution >= 0.6 is 0 Å². The Kier molecular flexibility index (Phi) is 7.02. The van der Waals surface area contributed by atoms with Gasteiger partial charge < -0.3 is 15.0 Å². The fraction of sp³-hybridized carbons (Fsp3) is 0.556. The first-order valence-corrected chi connectivity index (χ1v) is 10.5. The van der Waals surface area contributed by atoms with Crippen molar-refractivity contribution in [2.45, 2.75) is 44.0 Å². The summed E-state index contributed by atoms with van der Waals surface area (Å²) >= 11 is 0. The smallest absolute Gasteiger partial charge is 0.409 e. The van der Waals surface area contributed by atoms with Gasteiger partial charge >= 0.3 is 6.09 Å². The third-order valence-electron chi connectivity index (χ3n) is 4.36. The van der Waals surface area contributed by atoms with Crippen molar-refractivity contribution >= 4 is 21.8 Å². The number of hydrogen-bond donors (Lipinski definition) is 1. The topological polar surface area (TPSA) is 92.8 Å². The summed E-state index contributed by atoms with van der Waals surface area (Å²) in [5.74, 6) is -0.501. The zero-order valence-corrected chi connectivity index (χ0v) is 16.0. The molecule has 1 N–H and O–H groups in total. The Hall–Kier alpha value is -2.09. The third-order valence-corrected chi connectivity index (χ3v) is 6.10. The van der Waals surface area contributed by atoms with Gasteiger partial charge in [0, 0.05) is 25.6 Å². The summed E-state index contributed by atoms with van der Waals surface area (Å²) in [5, 5.41) is 2.86. The van der Waals surface area contributed by atoms with E-state index in [1.54, 1.807) is 36.1 Å². The van der Waals surface area contributed by atoms with E-state index in [2.05, 4.69) is 5.32 Å². The van der Waals surface area contributed by atoms with E-state index in [0.717, 1.165) is 5.56 Å². The van der Waals surface area contributed by atoms with Crippen molar-refractivity contribution in [1.29, 1.82) is 0 Å². The minimum absolute atomic E-state index is 0.0461. The number of carbonyl (C=O) groups excluding carboxylic acids is 2. The van der Waals surface area contributed by atoms with Crippen LogP contribution in [0.15, 0.2) is 29.2 Å². The molecule has 1 fully saturated rings. The van der Waals surface area contributed by atoms with Crippen LogP contribution in [0.4, 0.5) is 4.79 Å². The van der Waals surface area contributed by atoms with Crippen LogP contribution in [0.2, 0.25) is 0 Å². The lowest BCUT2D eigenvalue weighted by Crippen LogP contribution is -2.46. The number of sulfone groups is 1. The van der Waals surface area contributed by atoms with Gasteiger partial charge in [-0.3, -0.25) is 4.79 Å². The second-order valence-electron chi connectivity index (χ2n) is 6.41. The lowest BCUT2D eigenvalue weighted by atomic mass is 10.1. The number of carbonyl (C=O) groups is 2. The fourth-order valence-corrected chi connectivity index (χ4v) is 4.05. The highest BCUT2D eigenvalue weighted by Crippen LogP contribution is 2.14. The first-order chi connectivity index (χ1) is 12.3. The number of nitrogens with one attached hydrogen (secondary N) is 1. The van der Waals surface area contributed by atoms with Crippen molar-refractivity contribution in [3.8, 4) is 0 Å². The highest BCUT2D eigenvalue weighted by molar-refractivity contribution is 7.91. The number of rotatable bonds is 6. The fourth-order valence-electron chi connectivity index (χ4n) is 2.81. The first kappa shape index (κ1) is 20.2. The lowest BCUT2D eigenvalue weighted by Gasteiger charge is -2.31. The SMILES string of the molecule is CCOC(=O)N1CCC(NC(=O)CCS(=O)(=O)c2ccc(C)cc2)CC1. The summed E-state index contributed by atoms with van der Waals surface area (Å²) in [7, 11) is -3.47. The van der Waals surface area contributed by atoms with Crippen LogP contribution in [0, 0.1) is 6.92 Å². The summed E-state index contributed by atoms with van der Waals surface area (Å²) in [6.45, 7) is 5.02. The average molecular weight is 382 g/mol. The summed E-state index contributed by atoms with van der Waals surface area (Å²) in [6, 6.07) is 6.56. The molecule has 0 bridgehead atoms. The van der Waals surface area contributed by atoms with Gasteiger partial charge in [0.05, 0.1) is 17.3 Å². The molecule has 144 valence electrons. The molecule has 0 spiro atoms. The maximum atomic E-state index is 12.3. The highest BCUT2D eigenvalue weighted by atomic mass is 32.2. The monoisotopic (exact) mass is 382 g/mol. The van der Waals surface area contributed by atoms with Crippen LogP contribution in [0.1, 0.15) is 31.7 Å². The molecule has 0 aliphatic carbocycles.